The Morgan fingerprint density at radius 1 is 1.26 bits per heavy atom. The molecule has 2 heterocycles. The Morgan fingerprint density at radius 2 is 2.00 bits per heavy atom. The molecule has 0 bridgehead atoms. The maximum Gasteiger partial charge on any atom is 0.311 e. The molecule has 0 spiro atoms. The molecule has 0 aliphatic carbocycles. The second-order valence-corrected chi connectivity index (χ2v) is 5.55. The van der Waals surface area contributed by atoms with Gasteiger partial charge in [0.05, 0.1) is 12.1 Å². The normalized spacial score (nSPS) is 13.0. The van der Waals surface area contributed by atoms with Gasteiger partial charge in [0.1, 0.15) is 19.0 Å². The number of fused-ring (bicyclic) bond motifs is 1. The number of carbonyl (C=O) groups is 1. The molecule has 0 unspecified atom stereocenters. The first-order valence-corrected chi connectivity index (χ1v) is 7.64. The van der Waals surface area contributed by atoms with Crippen LogP contribution in [0.1, 0.15) is 23.4 Å². The predicted octanol–water partition coefficient (Wildman–Crippen LogP) is 2.35. The summed E-state index contributed by atoms with van der Waals surface area (Å²) in [5.41, 5.74) is 3.14. The van der Waals surface area contributed by atoms with Crippen molar-refractivity contribution in [1.82, 2.24) is 9.78 Å². The third-order valence-electron chi connectivity index (χ3n) is 3.98. The largest absolute Gasteiger partial charge is 0.486 e. The van der Waals surface area contributed by atoms with Gasteiger partial charge < -0.3 is 14.2 Å². The lowest BCUT2D eigenvalue weighted by molar-refractivity contribution is -0.134. The van der Waals surface area contributed by atoms with Gasteiger partial charge in [0.25, 0.3) is 0 Å². The van der Waals surface area contributed by atoms with Crippen LogP contribution >= 0.6 is 0 Å². The van der Waals surface area contributed by atoms with E-state index in [2.05, 4.69) is 5.10 Å². The van der Waals surface area contributed by atoms with Gasteiger partial charge in [-0.15, -0.1) is 0 Å². The first-order chi connectivity index (χ1) is 11.0. The molecule has 6 heteroatoms. The second-order valence-electron chi connectivity index (χ2n) is 5.55. The minimum absolute atomic E-state index is 0.274. The molecule has 0 N–H and O–H groups in total. The monoisotopic (exact) mass is 316 g/mol. The van der Waals surface area contributed by atoms with Crippen LogP contribution in [0.2, 0.25) is 0 Å². The van der Waals surface area contributed by atoms with Gasteiger partial charge in [-0.1, -0.05) is 0 Å². The van der Waals surface area contributed by atoms with Crippen LogP contribution in [0.5, 0.6) is 17.2 Å². The minimum Gasteiger partial charge on any atom is -0.486 e. The van der Waals surface area contributed by atoms with Crippen LogP contribution in [0.25, 0.3) is 0 Å². The smallest absolute Gasteiger partial charge is 0.311 e. The topological polar surface area (TPSA) is 62.6 Å². The van der Waals surface area contributed by atoms with E-state index in [0.29, 0.717) is 43.3 Å². The van der Waals surface area contributed by atoms with Gasteiger partial charge in [-0.05, 0) is 38.0 Å². The summed E-state index contributed by atoms with van der Waals surface area (Å²) in [6.07, 6.45) is 0.927. The van der Waals surface area contributed by atoms with Gasteiger partial charge in [-0.25, -0.2) is 0 Å². The van der Waals surface area contributed by atoms with Crippen molar-refractivity contribution in [3.05, 3.63) is 35.2 Å². The van der Waals surface area contributed by atoms with Gasteiger partial charge >= 0.3 is 5.97 Å². The van der Waals surface area contributed by atoms with E-state index in [9.17, 15) is 4.79 Å². The van der Waals surface area contributed by atoms with Crippen molar-refractivity contribution < 1.29 is 19.0 Å². The quantitative estimate of drug-likeness (QED) is 0.640. The average Bonchev–Trinajstić information content (AvgIpc) is 2.78. The number of rotatable bonds is 4. The number of carbonyl (C=O) groups excluding carboxylic acids is 1. The van der Waals surface area contributed by atoms with Crippen LogP contribution in [0, 0.1) is 13.8 Å². The van der Waals surface area contributed by atoms with E-state index in [4.69, 9.17) is 14.2 Å². The van der Waals surface area contributed by atoms with E-state index in [1.54, 1.807) is 18.2 Å². The molecule has 2 aromatic rings. The lowest BCUT2D eigenvalue weighted by Crippen LogP contribution is -2.15. The fourth-order valence-electron chi connectivity index (χ4n) is 2.68. The van der Waals surface area contributed by atoms with E-state index in [1.807, 2.05) is 25.6 Å². The number of esters is 1. The number of aromatic nitrogens is 2. The zero-order chi connectivity index (χ0) is 16.4. The van der Waals surface area contributed by atoms with Crippen LogP contribution < -0.4 is 14.2 Å². The maximum atomic E-state index is 12.1. The van der Waals surface area contributed by atoms with Crippen LogP contribution in [0.3, 0.4) is 0 Å². The zero-order valence-electron chi connectivity index (χ0n) is 13.6. The molecule has 0 amide bonds. The van der Waals surface area contributed by atoms with Crippen molar-refractivity contribution in [1.29, 1.82) is 0 Å². The van der Waals surface area contributed by atoms with Gasteiger partial charge in [-0.2, -0.15) is 5.10 Å². The van der Waals surface area contributed by atoms with E-state index < -0.39 is 0 Å². The van der Waals surface area contributed by atoms with Crippen molar-refractivity contribution in [3.8, 4) is 17.2 Å². The third kappa shape index (κ3) is 3.31. The van der Waals surface area contributed by atoms with E-state index in [1.165, 1.54) is 0 Å². The van der Waals surface area contributed by atoms with Gasteiger partial charge in [0.15, 0.2) is 11.5 Å². The summed E-state index contributed by atoms with van der Waals surface area (Å²) in [6.45, 7) is 5.00. The van der Waals surface area contributed by atoms with Crippen molar-refractivity contribution in [2.75, 3.05) is 13.2 Å². The molecular weight excluding hydrogens is 296 g/mol. The van der Waals surface area contributed by atoms with Gasteiger partial charge in [0, 0.05) is 18.8 Å². The lowest BCUT2D eigenvalue weighted by atomic mass is 10.1. The average molecular weight is 316 g/mol. The first-order valence-electron chi connectivity index (χ1n) is 7.64. The SMILES string of the molecule is Cc1nn(C)c(C)c1CCC(=O)Oc1ccc2c(c1)OCCO2. The van der Waals surface area contributed by atoms with Crippen molar-refractivity contribution in [2.24, 2.45) is 7.05 Å². The summed E-state index contributed by atoms with van der Waals surface area (Å²) in [7, 11) is 1.90. The highest BCUT2D eigenvalue weighted by Crippen LogP contribution is 2.33. The maximum absolute atomic E-state index is 12.1. The predicted molar refractivity (Wildman–Crippen MR) is 84.1 cm³/mol. The molecule has 1 aliphatic rings. The summed E-state index contributed by atoms with van der Waals surface area (Å²) < 4.78 is 18.1. The molecule has 1 aromatic heterocycles. The number of aryl methyl sites for hydroxylation is 2. The first kappa shape index (κ1) is 15.4. The summed E-state index contributed by atoms with van der Waals surface area (Å²) in [6, 6.07) is 5.16. The third-order valence-corrected chi connectivity index (χ3v) is 3.98. The lowest BCUT2D eigenvalue weighted by Gasteiger charge is -2.18. The number of benzene rings is 1. The van der Waals surface area contributed by atoms with Crippen LogP contribution in [0.15, 0.2) is 18.2 Å². The Hall–Kier alpha value is -2.50. The molecule has 0 fully saturated rings. The second kappa shape index (κ2) is 6.32. The molecule has 122 valence electrons. The Kier molecular flexibility index (Phi) is 4.23. The summed E-state index contributed by atoms with van der Waals surface area (Å²) in [5.74, 6) is 1.49. The molecule has 23 heavy (non-hydrogen) atoms. The Morgan fingerprint density at radius 3 is 2.70 bits per heavy atom. The summed E-state index contributed by atoms with van der Waals surface area (Å²) in [5, 5.41) is 4.35. The number of hydrogen-bond donors (Lipinski definition) is 0. The van der Waals surface area contributed by atoms with E-state index in [0.717, 1.165) is 17.0 Å². The molecule has 0 radical (unpaired) electrons. The molecule has 0 saturated heterocycles. The van der Waals surface area contributed by atoms with Crippen LogP contribution in [-0.4, -0.2) is 29.0 Å². The van der Waals surface area contributed by atoms with Crippen molar-refractivity contribution in [3.63, 3.8) is 0 Å². The molecule has 6 nitrogen and oxygen atoms in total. The Labute approximate surface area is 135 Å². The Balaban J connectivity index is 1.61. The minimum atomic E-state index is -0.274. The molecule has 0 saturated carbocycles. The number of nitrogens with zero attached hydrogens (tertiary/aromatic N) is 2. The van der Waals surface area contributed by atoms with E-state index in [-0.39, 0.29) is 5.97 Å². The fraction of sp³-hybridized carbons (Fsp3) is 0.412. The molecule has 3 rings (SSSR count). The van der Waals surface area contributed by atoms with Crippen LogP contribution in [-0.2, 0) is 18.3 Å². The van der Waals surface area contributed by atoms with Crippen molar-refractivity contribution >= 4 is 5.97 Å². The van der Waals surface area contributed by atoms with Gasteiger partial charge in [0.2, 0.25) is 0 Å². The number of hydrogen-bond acceptors (Lipinski definition) is 5. The molecule has 0 atom stereocenters. The standard InChI is InChI=1S/C17H20N2O4/c1-11-14(12(2)19(3)18-11)5-7-17(20)23-13-4-6-15-16(10-13)22-9-8-21-15/h4,6,10H,5,7-9H2,1-3H3. The van der Waals surface area contributed by atoms with Crippen molar-refractivity contribution in [2.45, 2.75) is 26.7 Å². The molecule has 1 aromatic carbocycles. The highest BCUT2D eigenvalue weighted by Gasteiger charge is 2.15. The molecule has 1 aliphatic heterocycles. The zero-order valence-corrected chi connectivity index (χ0v) is 13.6. The summed E-state index contributed by atoms with van der Waals surface area (Å²) in [4.78, 5) is 12.1. The number of ether oxygens (including phenoxy) is 3. The van der Waals surface area contributed by atoms with Crippen LogP contribution in [0.4, 0.5) is 0 Å². The molecular formula is C17H20N2O4. The highest BCUT2D eigenvalue weighted by molar-refractivity contribution is 5.73. The Bertz CT molecular complexity index is 736. The fourth-order valence-corrected chi connectivity index (χ4v) is 2.68. The highest BCUT2D eigenvalue weighted by atomic mass is 16.6. The van der Waals surface area contributed by atoms with Gasteiger partial charge in [-0.3, -0.25) is 9.48 Å². The summed E-state index contributed by atoms with van der Waals surface area (Å²) >= 11 is 0. The van der Waals surface area contributed by atoms with E-state index >= 15 is 0 Å².